The predicted molar refractivity (Wildman–Crippen MR) is 121 cm³/mol. The van der Waals surface area contributed by atoms with E-state index in [0.717, 1.165) is 47.1 Å². The standard InChI is InChI=1S/C25H25N3O5/c1-3-13-14-11-28-19(9-17-16(23(28)30)12-33-24(31)25(17,32)4-2)22(14)26-18-5-6-20(29)15(21(13)18)10-27-7-8-27/h5-6,9,29,32H,3-4,7-8,10-12H2,1-2H3/t25-/m0/s1. The molecule has 8 heteroatoms. The molecule has 0 saturated carbocycles. The number of cyclic esters (lactones) is 1. The Morgan fingerprint density at radius 3 is 2.64 bits per heavy atom. The van der Waals surface area contributed by atoms with Crippen LogP contribution in [0.25, 0.3) is 22.3 Å². The number of carbonyl (C=O) groups excluding carboxylic acids is 1. The molecule has 3 aromatic rings. The predicted octanol–water partition coefficient (Wildman–Crippen LogP) is 2.16. The number of ether oxygens (including phenoxy) is 1. The molecule has 5 heterocycles. The number of carbonyl (C=O) groups is 1. The van der Waals surface area contributed by atoms with E-state index in [0.29, 0.717) is 35.6 Å². The van der Waals surface area contributed by atoms with Crippen LogP contribution < -0.4 is 5.56 Å². The summed E-state index contributed by atoms with van der Waals surface area (Å²) < 4.78 is 6.82. The lowest BCUT2D eigenvalue weighted by molar-refractivity contribution is -0.172. The van der Waals surface area contributed by atoms with Crippen molar-refractivity contribution in [3.63, 3.8) is 0 Å². The van der Waals surface area contributed by atoms with E-state index in [4.69, 9.17) is 9.72 Å². The second-order valence-electron chi connectivity index (χ2n) is 9.11. The van der Waals surface area contributed by atoms with E-state index < -0.39 is 11.6 Å². The monoisotopic (exact) mass is 447 g/mol. The van der Waals surface area contributed by atoms with Crippen LogP contribution in [0.1, 0.15) is 48.1 Å². The van der Waals surface area contributed by atoms with Gasteiger partial charge in [-0.3, -0.25) is 9.69 Å². The van der Waals surface area contributed by atoms with Crippen molar-refractivity contribution in [2.24, 2.45) is 0 Å². The lowest BCUT2D eigenvalue weighted by Gasteiger charge is -2.31. The van der Waals surface area contributed by atoms with Gasteiger partial charge in [0.15, 0.2) is 5.60 Å². The van der Waals surface area contributed by atoms with Crippen LogP contribution in [0.3, 0.4) is 0 Å². The summed E-state index contributed by atoms with van der Waals surface area (Å²) in [6.45, 7) is 6.68. The number of hydrogen-bond acceptors (Lipinski definition) is 7. The highest BCUT2D eigenvalue weighted by Crippen LogP contribution is 2.42. The molecule has 2 aromatic heterocycles. The number of aromatic hydroxyl groups is 1. The molecule has 33 heavy (non-hydrogen) atoms. The van der Waals surface area contributed by atoms with Gasteiger partial charge in [0.05, 0.1) is 29.0 Å². The van der Waals surface area contributed by atoms with Crippen molar-refractivity contribution < 1.29 is 19.7 Å². The fourth-order valence-electron chi connectivity index (χ4n) is 5.33. The van der Waals surface area contributed by atoms with E-state index in [2.05, 4.69) is 11.8 Å². The summed E-state index contributed by atoms with van der Waals surface area (Å²) in [5.74, 6) is -0.464. The Kier molecular flexibility index (Phi) is 4.25. The summed E-state index contributed by atoms with van der Waals surface area (Å²) in [5, 5.41) is 22.7. The van der Waals surface area contributed by atoms with Crippen LogP contribution in [0.2, 0.25) is 0 Å². The van der Waals surface area contributed by atoms with Crippen molar-refractivity contribution in [2.75, 3.05) is 13.1 Å². The number of aromatic nitrogens is 2. The van der Waals surface area contributed by atoms with Crippen molar-refractivity contribution in [1.82, 2.24) is 14.5 Å². The lowest BCUT2D eigenvalue weighted by Crippen LogP contribution is -2.44. The molecule has 6 rings (SSSR count). The zero-order valence-electron chi connectivity index (χ0n) is 18.6. The fraction of sp³-hybridized carbons (Fsp3) is 0.400. The van der Waals surface area contributed by atoms with E-state index >= 15 is 0 Å². The third-order valence-corrected chi connectivity index (χ3v) is 7.33. The summed E-state index contributed by atoms with van der Waals surface area (Å²) in [7, 11) is 0. The zero-order valence-corrected chi connectivity index (χ0v) is 18.6. The van der Waals surface area contributed by atoms with Crippen LogP contribution in [-0.4, -0.2) is 43.7 Å². The van der Waals surface area contributed by atoms with Gasteiger partial charge in [-0.15, -0.1) is 0 Å². The number of nitrogens with zero attached hydrogens (tertiary/aromatic N) is 3. The molecule has 0 spiro atoms. The maximum Gasteiger partial charge on any atom is 0.343 e. The van der Waals surface area contributed by atoms with Gasteiger partial charge in [-0.25, -0.2) is 9.78 Å². The van der Waals surface area contributed by atoms with E-state index in [1.165, 1.54) is 0 Å². The Morgan fingerprint density at radius 1 is 1.15 bits per heavy atom. The zero-order chi connectivity index (χ0) is 23.1. The second-order valence-corrected chi connectivity index (χ2v) is 9.11. The summed E-state index contributed by atoms with van der Waals surface area (Å²) in [6, 6.07) is 5.23. The first-order valence-corrected chi connectivity index (χ1v) is 11.4. The number of phenolic OH excluding ortho intramolecular Hbond substituents is 1. The Morgan fingerprint density at radius 2 is 1.94 bits per heavy atom. The minimum absolute atomic E-state index is 0.110. The highest BCUT2D eigenvalue weighted by molar-refractivity contribution is 5.92. The number of esters is 1. The molecule has 3 aliphatic heterocycles. The highest BCUT2D eigenvalue weighted by Gasteiger charge is 2.45. The summed E-state index contributed by atoms with van der Waals surface area (Å²) in [6.07, 6.45) is 0.833. The number of benzene rings is 1. The number of aliphatic hydroxyl groups is 1. The minimum atomic E-state index is -1.84. The number of rotatable bonds is 4. The summed E-state index contributed by atoms with van der Waals surface area (Å²) >= 11 is 0. The van der Waals surface area contributed by atoms with Gasteiger partial charge in [-0.2, -0.15) is 0 Å². The molecule has 0 aliphatic carbocycles. The molecule has 0 amide bonds. The molecular weight excluding hydrogens is 422 g/mol. The Hall–Kier alpha value is -3.23. The van der Waals surface area contributed by atoms with Crippen molar-refractivity contribution in [3.8, 4) is 17.1 Å². The number of phenols is 1. The van der Waals surface area contributed by atoms with Gasteiger partial charge >= 0.3 is 5.97 Å². The molecule has 1 saturated heterocycles. The van der Waals surface area contributed by atoms with Crippen LogP contribution in [0.5, 0.6) is 5.75 Å². The third kappa shape index (κ3) is 2.74. The van der Waals surface area contributed by atoms with Gasteiger partial charge in [-0.05, 0) is 36.6 Å². The molecule has 0 bridgehead atoms. The Labute approximate surface area is 190 Å². The SMILES string of the molecule is CCc1c2c(nc3ccc(O)c(CN4CC4)c13)-c1cc3c(c(=O)n1C2)COC(=O)[C@]3(O)CC. The molecule has 1 fully saturated rings. The van der Waals surface area contributed by atoms with Gasteiger partial charge in [0.25, 0.3) is 5.56 Å². The van der Waals surface area contributed by atoms with Gasteiger partial charge in [-0.1, -0.05) is 13.8 Å². The quantitative estimate of drug-likeness (QED) is 0.365. The first-order valence-electron chi connectivity index (χ1n) is 11.4. The second kappa shape index (κ2) is 6.88. The largest absolute Gasteiger partial charge is 0.508 e. The highest BCUT2D eigenvalue weighted by atomic mass is 16.6. The van der Waals surface area contributed by atoms with Crippen LogP contribution in [0.15, 0.2) is 23.0 Å². The van der Waals surface area contributed by atoms with Crippen LogP contribution in [-0.2, 0) is 41.2 Å². The van der Waals surface area contributed by atoms with Gasteiger partial charge in [0.2, 0.25) is 0 Å². The number of hydrogen-bond donors (Lipinski definition) is 2. The molecule has 1 aromatic carbocycles. The molecule has 2 N–H and O–H groups in total. The molecule has 8 nitrogen and oxygen atoms in total. The van der Waals surface area contributed by atoms with Gasteiger partial charge in [0, 0.05) is 41.7 Å². The average Bonchev–Trinajstić information content (AvgIpc) is 3.56. The maximum absolute atomic E-state index is 13.4. The van der Waals surface area contributed by atoms with Crippen LogP contribution in [0.4, 0.5) is 0 Å². The lowest BCUT2D eigenvalue weighted by atomic mass is 9.86. The summed E-state index contributed by atoms with van der Waals surface area (Å²) in [4.78, 5) is 33.0. The maximum atomic E-state index is 13.4. The number of fused-ring (bicyclic) bond motifs is 5. The smallest absolute Gasteiger partial charge is 0.343 e. The van der Waals surface area contributed by atoms with E-state index in [1.807, 2.05) is 6.07 Å². The van der Waals surface area contributed by atoms with Crippen molar-refractivity contribution >= 4 is 16.9 Å². The summed E-state index contributed by atoms with van der Waals surface area (Å²) in [5.41, 5.74) is 3.49. The number of aryl methyl sites for hydroxylation is 1. The van der Waals surface area contributed by atoms with Crippen molar-refractivity contribution in [1.29, 1.82) is 0 Å². The van der Waals surface area contributed by atoms with Crippen molar-refractivity contribution in [2.45, 2.75) is 52.0 Å². The van der Waals surface area contributed by atoms with E-state index in [1.54, 1.807) is 23.6 Å². The van der Waals surface area contributed by atoms with Crippen LogP contribution in [0, 0.1) is 0 Å². The normalized spacial score (nSPS) is 21.0. The van der Waals surface area contributed by atoms with Gasteiger partial charge in [0.1, 0.15) is 12.4 Å². The Balaban J connectivity index is 1.63. The topological polar surface area (TPSA) is 105 Å². The molecular formula is C25H25N3O5. The van der Waals surface area contributed by atoms with E-state index in [-0.39, 0.29) is 24.3 Å². The number of pyridine rings is 2. The molecule has 1 atom stereocenters. The first-order chi connectivity index (χ1) is 15.9. The Bertz CT molecular complexity index is 1420. The third-order valence-electron chi connectivity index (χ3n) is 7.33. The average molecular weight is 447 g/mol. The fourth-order valence-corrected chi connectivity index (χ4v) is 5.33. The van der Waals surface area contributed by atoms with Crippen LogP contribution >= 0.6 is 0 Å². The van der Waals surface area contributed by atoms with Gasteiger partial charge < -0.3 is 19.5 Å². The van der Waals surface area contributed by atoms with Crippen molar-refractivity contribution in [3.05, 3.63) is 56.4 Å². The van der Waals surface area contributed by atoms with E-state index in [9.17, 15) is 19.8 Å². The molecule has 0 radical (unpaired) electrons. The molecule has 170 valence electrons. The minimum Gasteiger partial charge on any atom is -0.508 e. The molecule has 3 aliphatic rings. The molecule has 0 unspecified atom stereocenters. The first kappa shape index (κ1) is 20.4.